The molecule has 0 aliphatic carbocycles. The van der Waals surface area contributed by atoms with Crippen LogP contribution in [0, 0.1) is 3.57 Å². The van der Waals surface area contributed by atoms with Gasteiger partial charge in [0.15, 0.2) is 0 Å². The largest absolute Gasteiger partial charge is 0.459 e. The van der Waals surface area contributed by atoms with Crippen LogP contribution in [-0.4, -0.2) is 33.9 Å². The van der Waals surface area contributed by atoms with Gasteiger partial charge in [-0.05, 0) is 78.9 Å². The normalized spacial score (nSPS) is 10.8. The van der Waals surface area contributed by atoms with E-state index in [0.717, 1.165) is 20.9 Å². The Bertz CT molecular complexity index is 1000. The molecule has 1 amide bonds. The number of benzene rings is 2. The van der Waals surface area contributed by atoms with Crippen molar-refractivity contribution in [2.45, 2.75) is 25.2 Å². The molecule has 2 aromatic carbocycles. The first kappa shape index (κ1) is 21.3. The number of anilines is 1. The smallest absolute Gasteiger partial charge is 0.338 e. The molecule has 0 bridgehead atoms. The van der Waals surface area contributed by atoms with Gasteiger partial charge in [-0.2, -0.15) is 0 Å². The van der Waals surface area contributed by atoms with Gasteiger partial charge in [0.05, 0.1) is 17.4 Å². The molecule has 150 valence electrons. The van der Waals surface area contributed by atoms with Crippen LogP contribution in [0.1, 0.15) is 24.2 Å². The number of hydrogen-bond acceptors (Lipinski definition) is 7. The van der Waals surface area contributed by atoms with Crippen LogP contribution in [0.4, 0.5) is 5.69 Å². The summed E-state index contributed by atoms with van der Waals surface area (Å²) in [5.74, 6) is -0.187. The number of hydrogen-bond donors (Lipinski definition) is 1. The Morgan fingerprint density at radius 1 is 1.17 bits per heavy atom. The fourth-order valence-electron chi connectivity index (χ4n) is 2.31. The van der Waals surface area contributed by atoms with Crippen molar-refractivity contribution < 1.29 is 18.7 Å². The van der Waals surface area contributed by atoms with Crippen molar-refractivity contribution in [1.29, 1.82) is 0 Å². The maximum absolute atomic E-state index is 12.2. The zero-order valence-corrected chi connectivity index (χ0v) is 18.7. The molecule has 0 fully saturated rings. The molecule has 0 aliphatic heterocycles. The van der Waals surface area contributed by atoms with Gasteiger partial charge in [0.2, 0.25) is 11.8 Å². The Morgan fingerprint density at radius 2 is 1.93 bits per heavy atom. The molecule has 7 nitrogen and oxygen atoms in total. The Kier molecular flexibility index (Phi) is 7.26. The number of rotatable bonds is 7. The van der Waals surface area contributed by atoms with E-state index in [1.807, 2.05) is 24.3 Å². The van der Waals surface area contributed by atoms with E-state index in [1.165, 1.54) is 0 Å². The van der Waals surface area contributed by atoms with E-state index in [-0.39, 0.29) is 17.8 Å². The molecule has 3 rings (SSSR count). The van der Waals surface area contributed by atoms with Crippen LogP contribution in [0.2, 0.25) is 0 Å². The van der Waals surface area contributed by atoms with Crippen molar-refractivity contribution in [2.24, 2.45) is 0 Å². The van der Waals surface area contributed by atoms with Crippen molar-refractivity contribution in [3.8, 4) is 11.5 Å². The van der Waals surface area contributed by atoms with Crippen molar-refractivity contribution in [1.82, 2.24) is 10.2 Å². The average molecular weight is 523 g/mol. The molecule has 0 saturated carbocycles. The van der Waals surface area contributed by atoms with Crippen LogP contribution in [-0.2, 0) is 9.53 Å². The summed E-state index contributed by atoms with van der Waals surface area (Å²) < 4.78 is 11.9. The molecule has 9 heteroatoms. The Morgan fingerprint density at radius 3 is 2.66 bits per heavy atom. The standard InChI is InChI=1S/C20H18IN3O4S/c1-12(2)27-19(26)14-4-3-5-16(10-14)22-17(25)11-29-20-24-23-18(28-20)13-6-8-15(21)9-7-13/h3-10,12H,11H2,1-2H3,(H,22,25). The number of carbonyl (C=O) groups is 2. The molecular formula is C20H18IN3O4S. The third kappa shape index (κ3) is 6.29. The molecule has 0 saturated heterocycles. The summed E-state index contributed by atoms with van der Waals surface area (Å²) in [5, 5.41) is 11.0. The number of nitrogens with one attached hydrogen (secondary N) is 1. The minimum Gasteiger partial charge on any atom is -0.459 e. The highest BCUT2D eigenvalue weighted by atomic mass is 127. The fraction of sp³-hybridized carbons (Fsp3) is 0.200. The molecule has 29 heavy (non-hydrogen) atoms. The number of amides is 1. The molecule has 0 spiro atoms. The predicted molar refractivity (Wildman–Crippen MR) is 119 cm³/mol. The summed E-state index contributed by atoms with van der Waals surface area (Å²) in [7, 11) is 0. The lowest BCUT2D eigenvalue weighted by Gasteiger charge is -2.09. The molecule has 1 heterocycles. The van der Waals surface area contributed by atoms with E-state index in [2.05, 4.69) is 38.1 Å². The van der Waals surface area contributed by atoms with Crippen molar-refractivity contribution in [3.05, 3.63) is 57.7 Å². The van der Waals surface area contributed by atoms with Crippen molar-refractivity contribution in [2.75, 3.05) is 11.1 Å². The number of aromatic nitrogens is 2. The van der Waals surface area contributed by atoms with E-state index in [4.69, 9.17) is 9.15 Å². The van der Waals surface area contributed by atoms with Gasteiger partial charge >= 0.3 is 5.97 Å². The van der Waals surface area contributed by atoms with Crippen LogP contribution in [0.5, 0.6) is 0 Å². The van der Waals surface area contributed by atoms with E-state index < -0.39 is 5.97 Å². The zero-order valence-electron chi connectivity index (χ0n) is 15.7. The summed E-state index contributed by atoms with van der Waals surface area (Å²) in [6.07, 6.45) is -0.212. The predicted octanol–water partition coefficient (Wildman–Crippen LogP) is 4.64. The summed E-state index contributed by atoms with van der Waals surface area (Å²) in [6, 6.07) is 14.3. The third-order valence-corrected chi connectivity index (χ3v) is 5.09. The SMILES string of the molecule is CC(C)OC(=O)c1cccc(NC(=O)CSc2nnc(-c3ccc(I)cc3)o2)c1. The number of halogens is 1. The van der Waals surface area contributed by atoms with E-state index in [9.17, 15) is 9.59 Å². The van der Waals surface area contributed by atoms with Crippen LogP contribution >= 0.6 is 34.4 Å². The third-order valence-electron chi connectivity index (χ3n) is 3.55. The minimum absolute atomic E-state index is 0.0923. The topological polar surface area (TPSA) is 94.3 Å². The van der Waals surface area contributed by atoms with Crippen LogP contribution in [0.25, 0.3) is 11.5 Å². The lowest BCUT2D eigenvalue weighted by Crippen LogP contribution is -2.15. The fourth-order valence-corrected chi connectivity index (χ4v) is 3.23. The molecule has 0 aliphatic rings. The van der Waals surface area contributed by atoms with Gasteiger partial charge in [-0.15, -0.1) is 10.2 Å². The first-order valence-electron chi connectivity index (χ1n) is 8.74. The highest BCUT2D eigenvalue weighted by molar-refractivity contribution is 14.1. The molecular weight excluding hydrogens is 505 g/mol. The van der Waals surface area contributed by atoms with Crippen LogP contribution in [0.3, 0.4) is 0 Å². The zero-order chi connectivity index (χ0) is 20.8. The van der Waals surface area contributed by atoms with E-state index >= 15 is 0 Å². The summed E-state index contributed by atoms with van der Waals surface area (Å²) >= 11 is 3.36. The van der Waals surface area contributed by atoms with Gasteiger partial charge in [0.1, 0.15) is 0 Å². The minimum atomic E-state index is -0.431. The Hall–Kier alpha value is -2.40. The number of esters is 1. The van der Waals surface area contributed by atoms with Gasteiger partial charge in [-0.25, -0.2) is 4.79 Å². The van der Waals surface area contributed by atoms with Crippen molar-refractivity contribution in [3.63, 3.8) is 0 Å². The molecule has 1 aromatic heterocycles. The first-order valence-corrected chi connectivity index (χ1v) is 10.8. The lowest BCUT2D eigenvalue weighted by molar-refractivity contribution is -0.113. The lowest BCUT2D eigenvalue weighted by atomic mass is 10.2. The highest BCUT2D eigenvalue weighted by Gasteiger charge is 2.13. The summed E-state index contributed by atoms with van der Waals surface area (Å²) in [4.78, 5) is 24.2. The summed E-state index contributed by atoms with van der Waals surface area (Å²) in [6.45, 7) is 3.56. The molecule has 0 radical (unpaired) electrons. The van der Waals surface area contributed by atoms with Gasteiger partial charge < -0.3 is 14.5 Å². The van der Waals surface area contributed by atoms with Crippen LogP contribution < -0.4 is 5.32 Å². The average Bonchev–Trinajstić information content (AvgIpc) is 3.16. The monoisotopic (exact) mass is 523 g/mol. The van der Waals surface area contributed by atoms with Gasteiger partial charge in [-0.1, -0.05) is 17.8 Å². The maximum Gasteiger partial charge on any atom is 0.338 e. The van der Waals surface area contributed by atoms with E-state index in [1.54, 1.807) is 38.1 Å². The molecule has 3 aromatic rings. The molecule has 1 N–H and O–H groups in total. The van der Waals surface area contributed by atoms with Gasteiger partial charge in [0, 0.05) is 14.8 Å². The number of nitrogens with zero attached hydrogens (tertiary/aromatic N) is 2. The second kappa shape index (κ2) is 9.88. The summed E-state index contributed by atoms with van der Waals surface area (Å²) in [5.41, 5.74) is 1.71. The second-order valence-electron chi connectivity index (χ2n) is 6.25. The molecule has 0 atom stereocenters. The van der Waals surface area contributed by atoms with Crippen LogP contribution in [0.15, 0.2) is 58.2 Å². The quantitative estimate of drug-likeness (QED) is 0.274. The maximum atomic E-state index is 12.2. The highest BCUT2D eigenvalue weighted by Crippen LogP contribution is 2.24. The number of thioether (sulfide) groups is 1. The van der Waals surface area contributed by atoms with Crippen molar-refractivity contribution >= 4 is 51.9 Å². The van der Waals surface area contributed by atoms with Gasteiger partial charge in [-0.3, -0.25) is 4.79 Å². The molecule has 0 unspecified atom stereocenters. The second-order valence-corrected chi connectivity index (χ2v) is 8.42. The Labute approximate surface area is 185 Å². The van der Waals surface area contributed by atoms with Gasteiger partial charge in [0.25, 0.3) is 5.22 Å². The number of carbonyl (C=O) groups excluding carboxylic acids is 2. The van der Waals surface area contributed by atoms with E-state index in [0.29, 0.717) is 22.4 Å². The first-order chi connectivity index (χ1) is 13.9. The Balaban J connectivity index is 1.55. The number of ether oxygens (including phenoxy) is 1.